The van der Waals surface area contributed by atoms with Crippen molar-refractivity contribution in [2.45, 2.75) is 33.2 Å². The first kappa shape index (κ1) is 19.0. The van der Waals surface area contributed by atoms with E-state index >= 15 is 0 Å². The van der Waals surface area contributed by atoms with Crippen molar-refractivity contribution < 1.29 is 4.79 Å². The highest BCUT2D eigenvalue weighted by Crippen LogP contribution is 2.13. The zero-order valence-electron chi connectivity index (χ0n) is 14.8. The van der Waals surface area contributed by atoms with Gasteiger partial charge in [0.15, 0.2) is 5.96 Å². The number of nitrogens with one attached hydrogen (secondary N) is 2. The molecule has 0 aliphatic heterocycles. The lowest BCUT2D eigenvalue weighted by atomic mass is 10.1. The molecule has 0 aliphatic rings. The van der Waals surface area contributed by atoms with Crippen LogP contribution in [0.15, 0.2) is 46.8 Å². The number of benzene rings is 1. The van der Waals surface area contributed by atoms with Gasteiger partial charge < -0.3 is 16.4 Å². The SMILES string of the molecule is CC(C)CC(=O)Nc1cccc(CN=C(N)NCCc2cccs2)c1. The van der Waals surface area contributed by atoms with E-state index in [1.54, 1.807) is 11.3 Å². The molecular formula is C19H26N4OS. The molecule has 0 radical (unpaired) electrons. The molecule has 2 aromatic rings. The summed E-state index contributed by atoms with van der Waals surface area (Å²) in [5, 5.41) is 8.11. The van der Waals surface area contributed by atoms with Crippen LogP contribution in [0.2, 0.25) is 0 Å². The fourth-order valence-electron chi connectivity index (χ4n) is 2.33. The molecule has 1 aromatic carbocycles. The van der Waals surface area contributed by atoms with Gasteiger partial charge in [-0.15, -0.1) is 11.3 Å². The zero-order chi connectivity index (χ0) is 18.1. The molecule has 6 heteroatoms. The van der Waals surface area contributed by atoms with Gasteiger partial charge in [0, 0.05) is 23.5 Å². The maximum atomic E-state index is 11.8. The van der Waals surface area contributed by atoms with E-state index in [-0.39, 0.29) is 5.91 Å². The number of aliphatic imine (C=N–C) groups is 1. The predicted octanol–water partition coefficient (Wildman–Crippen LogP) is 3.38. The predicted molar refractivity (Wildman–Crippen MR) is 106 cm³/mol. The van der Waals surface area contributed by atoms with E-state index < -0.39 is 0 Å². The van der Waals surface area contributed by atoms with Gasteiger partial charge in [0.2, 0.25) is 5.91 Å². The van der Waals surface area contributed by atoms with E-state index in [0.29, 0.717) is 24.8 Å². The van der Waals surface area contributed by atoms with Crippen LogP contribution in [0.25, 0.3) is 0 Å². The Balaban J connectivity index is 1.80. The third-order valence-electron chi connectivity index (χ3n) is 3.49. The molecule has 1 aromatic heterocycles. The first-order chi connectivity index (χ1) is 12.0. The molecule has 0 unspecified atom stereocenters. The van der Waals surface area contributed by atoms with Crippen LogP contribution >= 0.6 is 11.3 Å². The van der Waals surface area contributed by atoms with Gasteiger partial charge >= 0.3 is 0 Å². The van der Waals surface area contributed by atoms with Gasteiger partial charge in [0.05, 0.1) is 6.54 Å². The minimum Gasteiger partial charge on any atom is -0.370 e. The number of amides is 1. The lowest BCUT2D eigenvalue weighted by Gasteiger charge is -2.09. The van der Waals surface area contributed by atoms with Gasteiger partial charge in [0.1, 0.15) is 0 Å². The van der Waals surface area contributed by atoms with Crippen LogP contribution in [-0.2, 0) is 17.8 Å². The minimum absolute atomic E-state index is 0.0328. The summed E-state index contributed by atoms with van der Waals surface area (Å²) < 4.78 is 0. The molecule has 25 heavy (non-hydrogen) atoms. The molecule has 0 bridgehead atoms. The van der Waals surface area contributed by atoms with Crippen molar-refractivity contribution in [3.63, 3.8) is 0 Å². The molecule has 4 N–H and O–H groups in total. The van der Waals surface area contributed by atoms with Gasteiger partial charge in [-0.2, -0.15) is 0 Å². The Morgan fingerprint density at radius 3 is 2.84 bits per heavy atom. The number of rotatable bonds is 8. The van der Waals surface area contributed by atoms with E-state index in [4.69, 9.17) is 5.73 Å². The van der Waals surface area contributed by atoms with Crippen molar-refractivity contribution in [2.75, 3.05) is 11.9 Å². The molecule has 1 amide bonds. The summed E-state index contributed by atoms with van der Waals surface area (Å²) in [5.41, 5.74) is 7.71. The Labute approximate surface area is 153 Å². The number of nitrogens with two attached hydrogens (primary N) is 1. The molecule has 0 aliphatic carbocycles. The first-order valence-electron chi connectivity index (χ1n) is 8.48. The lowest BCUT2D eigenvalue weighted by Crippen LogP contribution is -2.33. The maximum absolute atomic E-state index is 11.8. The van der Waals surface area contributed by atoms with E-state index in [9.17, 15) is 4.79 Å². The number of nitrogens with zero attached hydrogens (tertiary/aromatic N) is 1. The number of anilines is 1. The minimum atomic E-state index is 0.0328. The van der Waals surface area contributed by atoms with Crippen LogP contribution < -0.4 is 16.4 Å². The van der Waals surface area contributed by atoms with E-state index in [1.807, 2.05) is 44.2 Å². The van der Waals surface area contributed by atoms with Crippen molar-refractivity contribution in [2.24, 2.45) is 16.6 Å². The normalized spacial score (nSPS) is 11.6. The topological polar surface area (TPSA) is 79.5 Å². The first-order valence-corrected chi connectivity index (χ1v) is 9.36. The van der Waals surface area contributed by atoms with Crippen LogP contribution in [0.3, 0.4) is 0 Å². The Kier molecular flexibility index (Phi) is 7.47. The molecule has 0 atom stereocenters. The van der Waals surface area contributed by atoms with Crippen molar-refractivity contribution in [1.29, 1.82) is 0 Å². The summed E-state index contributed by atoms with van der Waals surface area (Å²) >= 11 is 1.74. The number of carbonyl (C=O) groups is 1. The molecule has 1 heterocycles. The number of carbonyl (C=O) groups excluding carboxylic acids is 1. The van der Waals surface area contributed by atoms with E-state index in [0.717, 1.165) is 24.2 Å². The second kappa shape index (κ2) is 9.84. The molecule has 0 saturated carbocycles. The second-order valence-corrected chi connectivity index (χ2v) is 7.34. The quantitative estimate of drug-likeness (QED) is 0.500. The van der Waals surface area contributed by atoms with Gasteiger partial charge in [0.25, 0.3) is 0 Å². The molecule has 0 spiro atoms. The van der Waals surface area contributed by atoms with Crippen LogP contribution in [0, 0.1) is 5.92 Å². The Hall–Kier alpha value is -2.34. The number of hydrogen-bond donors (Lipinski definition) is 3. The highest BCUT2D eigenvalue weighted by Gasteiger charge is 2.05. The fourth-order valence-corrected chi connectivity index (χ4v) is 3.04. The lowest BCUT2D eigenvalue weighted by molar-refractivity contribution is -0.116. The van der Waals surface area contributed by atoms with Gasteiger partial charge in [-0.3, -0.25) is 4.79 Å². The molecule has 5 nitrogen and oxygen atoms in total. The average Bonchev–Trinajstić information content (AvgIpc) is 3.06. The smallest absolute Gasteiger partial charge is 0.224 e. The number of thiophene rings is 1. The summed E-state index contributed by atoms with van der Waals surface area (Å²) in [7, 11) is 0. The van der Waals surface area contributed by atoms with Crippen molar-refractivity contribution in [3.05, 3.63) is 52.2 Å². The second-order valence-electron chi connectivity index (χ2n) is 6.30. The van der Waals surface area contributed by atoms with Gasteiger partial charge in [-0.25, -0.2) is 4.99 Å². The number of hydrogen-bond acceptors (Lipinski definition) is 3. The summed E-state index contributed by atoms with van der Waals surface area (Å²) in [6.45, 7) is 5.30. The molecule has 0 fully saturated rings. The summed E-state index contributed by atoms with van der Waals surface area (Å²) in [6.07, 6.45) is 1.45. The fraction of sp³-hybridized carbons (Fsp3) is 0.368. The van der Waals surface area contributed by atoms with E-state index in [1.165, 1.54) is 4.88 Å². The third-order valence-corrected chi connectivity index (χ3v) is 4.43. The molecular weight excluding hydrogens is 332 g/mol. The Morgan fingerprint density at radius 1 is 1.28 bits per heavy atom. The monoisotopic (exact) mass is 358 g/mol. The standard InChI is InChI=1S/C19H26N4OS/c1-14(2)11-18(24)23-16-6-3-5-15(12-16)13-22-19(20)21-9-8-17-7-4-10-25-17/h3-7,10,12,14H,8-9,11,13H2,1-2H3,(H,23,24)(H3,20,21,22). The maximum Gasteiger partial charge on any atom is 0.224 e. The van der Waals surface area contributed by atoms with Crippen molar-refractivity contribution in [1.82, 2.24) is 5.32 Å². The Morgan fingerprint density at radius 2 is 2.12 bits per heavy atom. The average molecular weight is 359 g/mol. The Bertz CT molecular complexity index is 695. The van der Waals surface area contributed by atoms with Crippen LogP contribution in [-0.4, -0.2) is 18.4 Å². The summed E-state index contributed by atoms with van der Waals surface area (Å²) in [6, 6.07) is 11.9. The van der Waals surface area contributed by atoms with Crippen LogP contribution in [0.4, 0.5) is 5.69 Å². The van der Waals surface area contributed by atoms with E-state index in [2.05, 4.69) is 27.1 Å². The largest absolute Gasteiger partial charge is 0.370 e. The highest BCUT2D eigenvalue weighted by atomic mass is 32.1. The van der Waals surface area contributed by atoms with Gasteiger partial charge in [-0.1, -0.05) is 32.0 Å². The summed E-state index contributed by atoms with van der Waals surface area (Å²) in [5.74, 6) is 0.809. The van der Waals surface area contributed by atoms with Crippen molar-refractivity contribution in [3.8, 4) is 0 Å². The third kappa shape index (κ3) is 7.39. The van der Waals surface area contributed by atoms with Crippen molar-refractivity contribution >= 4 is 28.9 Å². The molecule has 2 rings (SSSR count). The van der Waals surface area contributed by atoms with Gasteiger partial charge in [-0.05, 0) is 41.5 Å². The molecule has 0 saturated heterocycles. The van der Waals surface area contributed by atoms with Crippen LogP contribution in [0.1, 0.15) is 30.7 Å². The molecule has 134 valence electrons. The zero-order valence-corrected chi connectivity index (χ0v) is 15.6. The van der Waals surface area contributed by atoms with Crippen LogP contribution in [0.5, 0.6) is 0 Å². The highest BCUT2D eigenvalue weighted by molar-refractivity contribution is 7.09. The summed E-state index contributed by atoms with van der Waals surface area (Å²) in [4.78, 5) is 17.5. The number of guanidine groups is 1.